The number of aromatic nitrogens is 2. The van der Waals surface area contributed by atoms with Crippen molar-refractivity contribution in [3.05, 3.63) is 188 Å². The summed E-state index contributed by atoms with van der Waals surface area (Å²) in [5.41, 5.74) is 26.7. The zero-order chi connectivity index (χ0) is 45.7. The molecule has 0 aliphatic carbocycles. The van der Waals surface area contributed by atoms with Crippen LogP contribution in [-0.4, -0.2) is 64.1 Å². The maximum Gasteiger partial charge on any atom is 0.141 e. The van der Waals surface area contributed by atoms with Gasteiger partial charge in [0.05, 0.1) is 11.0 Å². The van der Waals surface area contributed by atoms with E-state index < -0.39 is 0 Å². The fraction of sp³-hybridized carbons (Fsp3) is 0. The first-order chi connectivity index (χ1) is 32.7. The van der Waals surface area contributed by atoms with E-state index in [1.54, 1.807) is 0 Å². The molecule has 0 saturated carbocycles. The lowest BCUT2D eigenvalue weighted by Gasteiger charge is -2.19. The fourth-order valence-electron chi connectivity index (χ4n) is 11.4. The van der Waals surface area contributed by atoms with Crippen LogP contribution in [0.1, 0.15) is 0 Å². The van der Waals surface area contributed by atoms with Crippen molar-refractivity contribution < 1.29 is 0 Å². The molecule has 9 heteroatoms. The third kappa shape index (κ3) is 6.28. The second-order valence-electron chi connectivity index (χ2n) is 18.7. The molecule has 0 atom stereocenters. The summed E-state index contributed by atoms with van der Waals surface area (Å²) >= 11 is 0. The van der Waals surface area contributed by atoms with E-state index in [2.05, 4.69) is 252 Å². The van der Waals surface area contributed by atoms with Gasteiger partial charge in [0.1, 0.15) is 54.9 Å². The van der Waals surface area contributed by atoms with E-state index >= 15 is 0 Å². The monoisotopic (exact) mass is 846 g/mol. The Morgan fingerprint density at radius 1 is 0.284 bits per heavy atom. The summed E-state index contributed by atoms with van der Waals surface area (Å²) in [4.78, 5) is 0. The van der Waals surface area contributed by atoms with Crippen molar-refractivity contribution in [2.24, 2.45) is 0 Å². The van der Waals surface area contributed by atoms with Gasteiger partial charge >= 0.3 is 0 Å². The summed E-state index contributed by atoms with van der Waals surface area (Å²) in [6, 6.07) is 69.2. The zero-order valence-corrected chi connectivity index (χ0v) is 39.3. The molecule has 2 heterocycles. The lowest BCUT2D eigenvalue weighted by Crippen LogP contribution is -2.48. The minimum absolute atomic E-state index is 1.15. The Bertz CT molecular complexity index is 3960. The lowest BCUT2D eigenvalue weighted by molar-refractivity contribution is 1.18. The van der Waals surface area contributed by atoms with Crippen LogP contribution in [0.3, 0.4) is 0 Å². The molecule has 0 aliphatic heterocycles. The van der Waals surface area contributed by atoms with E-state index in [-0.39, 0.29) is 0 Å². The number of rotatable bonds is 6. The maximum atomic E-state index is 2.58. The maximum absolute atomic E-state index is 2.58. The Morgan fingerprint density at radius 3 is 1.49 bits per heavy atom. The highest BCUT2D eigenvalue weighted by molar-refractivity contribution is 6.69. The highest BCUT2D eigenvalue weighted by atomic mass is 15.0. The van der Waals surface area contributed by atoms with Gasteiger partial charge in [-0.1, -0.05) is 184 Å². The third-order valence-corrected chi connectivity index (χ3v) is 15.3. The molecular formula is C58H45B7N2. The first-order valence-corrected chi connectivity index (χ1v) is 23.6. The molecule has 0 saturated heterocycles. The van der Waals surface area contributed by atoms with Gasteiger partial charge in [-0.05, 0) is 91.5 Å². The smallest absolute Gasteiger partial charge is 0.141 e. The molecule has 12 aromatic rings. The minimum atomic E-state index is 1.15. The molecule has 0 spiro atoms. The summed E-state index contributed by atoms with van der Waals surface area (Å²) in [6.45, 7) is 0. The molecule has 2 nitrogen and oxygen atoms in total. The molecule has 0 fully saturated rings. The van der Waals surface area contributed by atoms with Gasteiger partial charge in [0.25, 0.3) is 0 Å². The van der Waals surface area contributed by atoms with Crippen LogP contribution in [0.25, 0.3) is 110 Å². The summed E-state index contributed by atoms with van der Waals surface area (Å²) in [7, 11) is 16.3. The predicted molar refractivity (Wildman–Crippen MR) is 312 cm³/mol. The normalized spacial score (nSPS) is 11.7. The van der Waals surface area contributed by atoms with E-state index in [1.807, 2.05) is 0 Å². The van der Waals surface area contributed by atoms with Crippen LogP contribution >= 0.6 is 0 Å². The summed E-state index contributed by atoms with van der Waals surface area (Å²) in [5.74, 6) is 0. The second kappa shape index (κ2) is 15.8. The van der Waals surface area contributed by atoms with E-state index in [4.69, 9.17) is 0 Å². The van der Waals surface area contributed by atoms with Crippen molar-refractivity contribution in [3.63, 3.8) is 0 Å². The Hall–Kier alpha value is -7.49. The zero-order valence-electron chi connectivity index (χ0n) is 39.3. The molecule has 0 N–H and O–H groups in total. The van der Waals surface area contributed by atoms with Crippen LogP contribution in [0.5, 0.6) is 0 Å². The number of fused-ring (bicyclic) bond motifs is 7. The molecule has 0 bridgehead atoms. The van der Waals surface area contributed by atoms with Gasteiger partial charge < -0.3 is 9.13 Å². The average molecular weight is 846 g/mol. The van der Waals surface area contributed by atoms with Gasteiger partial charge in [-0.25, -0.2) is 0 Å². The lowest BCUT2D eigenvalue weighted by atomic mass is 9.64. The summed E-state index contributed by atoms with van der Waals surface area (Å²) < 4.78 is 5.06. The highest BCUT2D eigenvalue weighted by Gasteiger charge is 2.26. The molecule has 0 amide bonds. The van der Waals surface area contributed by atoms with Crippen LogP contribution in [0.4, 0.5) is 0 Å². The van der Waals surface area contributed by atoms with Crippen molar-refractivity contribution >= 4 is 148 Å². The first-order valence-electron chi connectivity index (χ1n) is 23.6. The number of hydrogen-bond donors (Lipinski definition) is 0. The largest absolute Gasteiger partial charge is 0.310 e. The topological polar surface area (TPSA) is 9.86 Å². The van der Waals surface area contributed by atoms with E-state index in [9.17, 15) is 0 Å². The second-order valence-corrected chi connectivity index (χ2v) is 18.7. The molecule has 308 valence electrons. The number of benzene rings is 10. The van der Waals surface area contributed by atoms with E-state index in [1.165, 1.54) is 143 Å². The van der Waals surface area contributed by atoms with Gasteiger partial charge in [0.2, 0.25) is 0 Å². The van der Waals surface area contributed by atoms with Crippen molar-refractivity contribution in [3.8, 4) is 55.9 Å². The van der Waals surface area contributed by atoms with Crippen molar-refractivity contribution in [1.29, 1.82) is 0 Å². The van der Waals surface area contributed by atoms with Gasteiger partial charge in [-0.15, -0.1) is 5.46 Å². The summed E-state index contributed by atoms with van der Waals surface area (Å²) in [6.07, 6.45) is 0. The Labute approximate surface area is 398 Å². The van der Waals surface area contributed by atoms with Crippen molar-refractivity contribution in [2.75, 3.05) is 0 Å². The van der Waals surface area contributed by atoms with Crippen LogP contribution in [0, 0.1) is 0 Å². The van der Waals surface area contributed by atoms with Gasteiger partial charge in [-0.3, -0.25) is 0 Å². The molecule has 0 unspecified atom stereocenters. The molecule has 0 radical (unpaired) electrons. The van der Waals surface area contributed by atoms with Gasteiger partial charge in [0.15, 0.2) is 0 Å². The van der Waals surface area contributed by atoms with E-state index in [0.29, 0.717) is 0 Å². The molecule has 12 rings (SSSR count). The Balaban J connectivity index is 1.09. The van der Waals surface area contributed by atoms with Crippen LogP contribution in [0.15, 0.2) is 188 Å². The number of nitrogens with zero attached hydrogens (tertiary/aromatic N) is 2. The molecule has 10 aromatic carbocycles. The fourth-order valence-corrected chi connectivity index (χ4v) is 11.4. The first kappa shape index (κ1) is 41.0. The van der Waals surface area contributed by atoms with Gasteiger partial charge in [0, 0.05) is 44.1 Å². The summed E-state index contributed by atoms with van der Waals surface area (Å²) in [5, 5.41) is 7.75. The van der Waals surface area contributed by atoms with Crippen LogP contribution in [0.2, 0.25) is 0 Å². The van der Waals surface area contributed by atoms with Crippen LogP contribution < -0.4 is 38.2 Å². The molecule has 0 aliphatic rings. The predicted octanol–water partition coefficient (Wildman–Crippen LogP) is 3.51. The minimum Gasteiger partial charge on any atom is -0.310 e. The van der Waals surface area contributed by atoms with Crippen molar-refractivity contribution in [2.45, 2.75) is 0 Å². The third-order valence-electron chi connectivity index (χ3n) is 15.3. The number of hydrogen-bond acceptors (Lipinski definition) is 0. The van der Waals surface area contributed by atoms with Crippen molar-refractivity contribution in [1.82, 2.24) is 9.13 Å². The standard InChI is InChI=1S/C58H45B7N2/c59-49-46(37-25-30-45-44(31-37)43-20-10-19-42(35-13-5-2-6-14-35)56(43)66(45)38-26-21-33(22-27-38)32-11-3-1-4-12-32)50(60)54(64)57-47(49)48-51(61)52(62)53(63)55(65)58(48)67(57)39-28-23-36(24-29-39)41-18-9-16-34-15-7-8-17-40(34)41/h1-31H,59-65H2. The van der Waals surface area contributed by atoms with Crippen LogP contribution in [-0.2, 0) is 0 Å². The Kier molecular flexibility index (Phi) is 9.69. The molecule has 67 heavy (non-hydrogen) atoms. The van der Waals surface area contributed by atoms with Gasteiger partial charge in [-0.2, -0.15) is 0 Å². The Morgan fingerprint density at radius 2 is 0.776 bits per heavy atom. The average Bonchev–Trinajstić information content (AvgIpc) is 3.92. The van der Waals surface area contributed by atoms with E-state index in [0.717, 1.165) is 5.69 Å². The SMILES string of the molecule is Bc1c(B)c(B)c2c(c1B)c1c(B)c(-c3ccc4c(c3)c3cccc(-c5ccccc5)c3n4-c3ccc(-c4ccccc4)cc3)c(B)c(B)c1n2-c1ccc(-c2cccc3ccccc23)cc1. The molecule has 2 aromatic heterocycles. The highest BCUT2D eigenvalue weighted by Crippen LogP contribution is 2.40. The molecular weight excluding hydrogens is 800 g/mol. The quantitative estimate of drug-likeness (QED) is 0.227. The number of para-hydroxylation sites is 1.